The first kappa shape index (κ1) is 30.8. The largest absolute Gasteiger partial charge is 0.456 e. The summed E-state index contributed by atoms with van der Waals surface area (Å²) < 4.78 is 8.88. The molecule has 0 aliphatic heterocycles. The maximum atomic E-state index is 6.57. The summed E-state index contributed by atoms with van der Waals surface area (Å²) in [7, 11) is 0. The van der Waals surface area contributed by atoms with Gasteiger partial charge >= 0.3 is 0 Å². The smallest absolute Gasteiger partial charge is 0.160 e. The van der Waals surface area contributed by atoms with Crippen LogP contribution in [0.5, 0.6) is 0 Å². The highest BCUT2D eigenvalue weighted by Crippen LogP contribution is 2.38. The third kappa shape index (κ3) is 5.23. The van der Waals surface area contributed by atoms with Crippen LogP contribution in [0, 0.1) is 0 Å². The molecule has 53 heavy (non-hydrogen) atoms. The van der Waals surface area contributed by atoms with Gasteiger partial charge in [-0.1, -0.05) is 128 Å². The van der Waals surface area contributed by atoms with Crippen molar-refractivity contribution in [2.24, 2.45) is 9.98 Å². The molecule has 0 bridgehead atoms. The number of nitrogens with zero attached hydrogens (tertiary/aromatic N) is 3. The molecule has 0 amide bonds. The van der Waals surface area contributed by atoms with Gasteiger partial charge in [-0.25, -0.2) is 9.98 Å². The van der Waals surface area contributed by atoms with Gasteiger partial charge in [0.2, 0.25) is 0 Å². The molecule has 4 nitrogen and oxygen atoms in total. The molecule has 10 rings (SSSR count). The van der Waals surface area contributed by atoms with E-state index in [1.54, 1.807) is 0 Å². The Bertz CT molecular complexity index is 3100. The van der Waals surface area contributed by atoms with Gasteiger partial charge in [-0.3, -0.25) is 0 Å². The SMILES string of the molecule is C=C(/N=C(\N=C(/C)c1ccc2ccccc2c1)c1ccc2ccccc2c1)c1cccc2oc3cc(-n4c5ccccc5c5ccccc54)ccc3c12. The fraction of sp³-hybridized carbons (Fsp3) is 0.0204. The zero-order valence-corrected chi connectivity index (χ0v) is 29.1. The van der Waals surface area contributed by atoms with E-state index in [0.717, 1.165) is 66.4 Å². The molecule has 4 heteroatoms. The topological polar surface area (TPSA) is 42.8 Å². The minimum atomic E-state index is 0.602. The lowest BCUT2D eigenvalue weighted by atomic mass is 10.0. The highest BCUT2D eigenvalue weighted by molar-refractivity contribution is 6.16. The Morgan fingerprint density at radius 1 is 0.509 bits per heavy atom. The van der Waals surface area contributed by atoms with Crippen molar-refractivity contribution in [2.75, 3.05) is 0 Å². The molecule has 0 aliphatic carbocycles. The quantitative estimate of drug-likeness (QED) is 0.132. The Morgan fingerprint density at radius 3 is 1.81 bits per heavy atom. The number of para-hydroxylation sites is 2. The molecule has 250 valence electrons. The van der Waals surface area contributed by atoms with Crippen LogP contribution in [0.4, 0.5) is 0 Å². The summed E-state index contributed by atoms with van der Waals surface area (Å²) >= 11 is 0. The van der Waals surface area contributed by atoms with Crippen LogP contribution < -0.4 is 0 Å². The molecule has 0 N–H and O–H groups in total. The molecule has 0 saturated heterocycles. The Kier molecular flexibility index (Phi) is 7.15. The molecule has 0 unspecified atom stereocenters. The lowest BCUT2D eigenvalue weighted by Crippen LogP contribution is -2.04. The van der Waals surface area contributed by atoms with Gasteiger partial charge in [0, 0.05) is 50.1 Å². The number of benzene rings is 8. The number of aromatic nitrogens is 1. The van der Waals surface area contributed by atoms with E-state index in [0.29, 0.717) is 11.5 Å². The van der Waals surface area contributed by atoms with Gasteiger partial charge in [-0.2, -0.15) is 0 Å². The van der Waals surface area contributed by atoms with Gasteiger partial charge in [-0.15, -0.1) is 0 Å². The maximum absolute atomic E-state index is 6.57. The standard InChI is InChI=1S/C49H33N3O/c1-31(35-24-22-33-12-3-5-14-36(33)28-35)50-49(38-25-23-34-13-4-6-15-37(34)29-38)51-32(2)40-18-11-21-46-48(40)43-27-26-39(30-47(43)53-46)52-44-19-9-7-16-41(44)42-17-8-10-20-45(42)52/h3-30H,2H2,1H3/b50-31+,51-49-. The first-order chi connectivity index (χ1) is 26.1. The van der Waals surface area contributed by atoms with Crippen molar-refractivity contribution in [3.05, 3.63) is 193 Å². The average Bonchev–Trinajstić information content (AvgIpc) is 3.75. The van der Waals surface area contributed by atoms with Crippen LogP contribution in [0.15, 0.2) is 191 Å². The van der Waals surface area contributed by atoms with Crippen LogP contribution in [-0.2, 0) is 0 Å². The Morgan fingerprint density at radius 2 is 1.11 bits per heavy atom. The molecule has 0 atom stereocenters. The summed E-state index contributed by atoms with van der Waals surface area (Å²) in [6, 6.07) is 59.3. The van der Waals surface area contributed by atoms with Crippen molar-refractivity contribution < 1.29 is 4.42 Å². The van der Waals surface area contributed by atoms with E-state index in [1.165, 1.54) is 26.9 Å². The van der Waals surface area contributed by atoms with E-state index in [9.17, 15) is 0 Å². The number of rotatable bonds is 5. The third-order valence-corrected chi connectivity index (χ3v) is 10.3. The van der Waals surface area contributed by atoms with Crippen LogP contribution in [-0.4, -0.2) is 16.1 Å². The lowest BCUT2D eigenvalue weighted by molar-refractivity contribution is 0.668. The number of hydrogen-bond acceptors (Lipinski definition) is 2. The molecule has 2 aromatic heterocycles. The highest BCUT2D eigenvalue weighted by Gasteiger charge is 2.17. The Labute approximate surface area is 306 Å². The van der Waals surface area contributed by atoms with Crippen molar-refractivity contribution in [1.29, 1.82) is 0 Å². The monoisotopic (exact) mass is 679 g/mol. The molecule has 0 saturated carbocycles. The van der Waals surface area contributed by atoms with E-state index >= 15 is 0 Å². The molecular formula is C49H33N3O. The summed E-state index contributed by atoms with van der Waals surface area (Å²) in [4.78, 5) is 10.4. The van der Waals surface area contributed by atoms with E-state index in [-0.39, 0.29) is 0 Å². The summed E-state index contributed by atoms with van der Waals surface area (Å²) in [5.41, 5.74) is 9.33. The second-order valence-corrected chi connectivity index (χ2v) is 13.5. The minimum absolute atomic E-state index is 0.602. The predicted octanol–water partition coefficient (Wildman–Crippen LogP) is 12.9. The maximum Gasteiger partial charge on any atom is 0.160 e. The second kappa shape index (κ2) is 12.3. The van der Waals surface area contributed by atoms with Gasteiger partial charge < -0.3 is 8.98 Å². The number of fused-ring (bicyclic) bond motifs is 8. The van der Waals surface area contributed by atoms with Crippen LogP contribution >= 0.6 is 0 Å². The van der Waals surface area contributed by atoms with Gasteiger partial charge in [0.25, 0.3) is 0 Å². The molecule has 8 aromatic carbocycles. The first-order valence-corrected chi connectivity index (χ1v) is 17.8. The van der Waals surface area contributed by atoms with Gasteiger partial charge in [0.15, 0.2) is 5.84 Å². The van der Waals surface area contributed by atoms with E-state index in [1.807, 2.05) is 19.1 Å². The molecule has 0 aliphatic rings. The van der Waals surface area contributed by atoms with E-state index < -0.39 is 0 Å². The van der Waals surface area contributed by atoms with Gasteiger partial charge in [0.1, 0.15) is 11.2 Å². The van der Waals surface area contributed by atoms with Crippen molar-refractivity contribution >= 4 is 82.5 Å². The Balaban J connectivity index is 1.11. The van der Waals surface area contributed by atoms with Crippen LogP contribution in [0.25, 0.3) is 76.7 Å². The summed E-state index contributed by atoms with van der Waals surface area (Å²) in [5.74, 6) is 0.602. The molecule has 0 fully saturated rings. The number of amidine groups is 1. The van der Waals surface area contributed by atoms with E-state index in [2.05, 4.69) is 169 Å². The van der Waals surface area contributed by atoms with Crippen LogP contribution in [0.2, 0.25) is 0 Å². The first-order valence-electron chi connectivity index (χ1n) is 17.8. The fourth-order valence-electron chi connectivity index (χ4n) is 7.70. The highest BCUT2D eigenvalue weighted by atomic mass is 16.3. The molecule has 2 heterocycles. The number of hydrogen-bond donors (Lipinski definition) is 0. The zero-order valence-electron chi connectivity index (χ0n) is 29.1. The Hall–Kier alpha value is -7.04. The van der Waals surface area contributed by atoms with Crippen molar-refractivity contribution in [3.8, 4) is 5.69 Å². The average molecular weight is 680 g/mol. The van der Waals surface area contributed by atoms with Gasteiger partial charge in [-0.05, 0) is 76.5 Å². The number of aliphatic imine (C=N–C) groups is 2. The predicted molar refractivity (Wildman–Crippen MR) is 224 cm³/mol. The van der Waals surface area contributed by atoms with Crippen LogP contribution in [0.3, 0.4) is 0 Å². The van der Waals surface area contributed by atoms with Gasteiger partial charge in [0.05, 0.1) is 16.7 Å². The molecular weight excluding hydrogens is 647 g/mol. The fourth-order valence-corrected chi connectivity index (χ4v) is 7.70. The number of furan rings is 1. The molecule has 0 spiro atoms. The van der Waals surface area contributed by atoms with E-state index in [4.69, 9.17) is 14.4 Å². The van der Waals surface area contributed by atoms with Crippen molar-refractivity contribution in [2.45, 2.75) is 6.92 Å². The summed E-state index contributed by atoms with van der Waals surface area (Å²) in [5, 5.41) is 9.12. The second-order valence-electron chi connectivity index (χ2n) is 13.5. The zero-order chi connectivity index (χ0) is 35.5. The lowest BCUT2D eigenvalue weighted by Gasteiger charge is -2.10. The minimum Gasteiger partial charge on any atom is -0.456 e. The summed E-state index contributed by atoms with van der Waals surface area (Å²) in [6.45, 7) is 6.58. The normalized spacial score (nSPS) is 12.5. The molecule has 10 aromatic rings. The van der Waals surface area contributed by atoms with Crippen molar-refractivity contribution in [3.63, 3.8) is 0 Å². The van der Waals surface area contributed by atoms with Crippen LogP contribution in [0.1, 0.15) is 23.6 Å². The molecule has 0 radical (unpaired) electrons. The third-order valence-electron chi connectivity index (χ3n) is 10.3. The van der Waals surface area contributed by atoms with Crippen molar-refractivity contribution in [1.82, 2.24) is 4.57 Å². The summed E-state index contributed by atoms with van der Waals surface area (Å²) in [6.07, 6.45) is 0.